The molecule has 0 heterocycles. The summed E-state index contributed by atoms with van der Waals surface area (Å²) in [5.41, 5.74) is 1.42. The smallest absolute Gasteiger partial charge is 0.303 e. The summed E-state index contributed by atoms with van der Waals surface area (Å²) in [4.78, 5) is 10.5. The number of carboxylic acids is 1. The lowest BCUT2D eigenvalue weighted by Gasteiger charge is -2.36. The van der Waals surface area contributed by atoms with Gasteiger partial charge in [0.2, 0.25) is 0 Å². The van der Waals surface area contributed by atoms with Crippen molar-refractivity contribution in [3.05, 3.63) is 48.0 Å². The molecule has 0 radical (unpaired) electrons. The number of hydrogen-bond donors (Lipinski definition) is 1. The largest absolute Gasteiger partial charge is 0.481 e. The summed E-state index contributed by atoms with van der Waals surface area (Å²) >= 11 is 0. The number of aliphatic carboxylic acids is 1. The first-order valence-electron chi connectivity index (χ1n) is 9.24. The maximum atomic E-state index is 10.5. The van der Waals surface area contributed by atoms with Gasteiger partial charge in [0.1, 0.15) is 0 Å². The van der Waals surface area contributed by atoms with Crippen LogP contribution in [0.3, 0.4) is 0 Å². The van der Waals surface area contributed by atoms with Gasteiger partial charge >= 0.3 is 5.97 Å². The molecule has 0 saturated heterocycles. The molecule has 3 nitrogen and oxygen atoms in total. The second-order valence-electron chi connectivity index (χ2n) is 6.66. The molecule has 1 aliphatic rings. The normalized spacial score (nSPS) is 24.3. The van der Waals surface area contributed by atoms with Crippen molar-refractivity contribution in [3.63, 3.8) is 0 Å². The van der Waals surface area contributed by atoms with E-state index in [0.717, 1.165) is 38.7 Å². The number of allylic oxidation sites excluding steroid dienone is 2. The molecular formula is C21H30O3. The van der Waals surface area contributed by atoms with Crippen LogP contribution in [0.2, 0.25) is 0 Å². The zero-order chi connectivity index (χ0) is 17.2. The fourth-order valence-corrected chi connectivity index (χ4v) is 3.73. The monoisotopic (exact) mass is 330 g/mol. The Kier molecular flexibility index (Phi) is 8.03. The van der Waals surface area contributed by atoms with Crippen molar-refractivity contribution in [2.24, 2.45) is 5.92 Å². The average Bonchev–Trinajstić information content (AvgIpc) is 2.59. The molecule has 3 unspecified atom stereocenters. The number of rotatable bonds is 9. The van der Waals surface area contributed by atoms with Gasteiger partial charge in [0.25, 0.3) is 0 Å². The van der Waals surface area contributed by atoms with Gasteiger partial charge in [-0.15, -0.1) is 0 Å². The van der Waals surface area contributed by atoms with Gasteiger partial charge in [-0.1, -0.05) is 42.5 Å². The molecule has 1 saturated carbocycles. The summed E-state index contributed by atoms with van der Waals surface area (Å²) in [7, 11) is 0. The Morgan fingerprint density at radius 1 is 1.25 bits per heavy atom. The Morgan fingerprint density at radius 3 is 2.75 bits per heavy atom. The van der Waals surface area contributed by atoms with Crippen LogP contribution in [-0.4, -0.2) is 23.8 Å². The molecule has 2 rings (SSSR count). The fraction of sp³-hybridized carbons (Fsp3) is 0.571. The first-order chi connectivity index (χ1) is 11.7. The topological polar surface area (TPSA) is 46.5 Å². The van der Waals surface area contributed by atoms with Crippen molar-refractivity contribution in [3.8, 4) is 0 Å². The average molecular weight is 330 g/mol. The van der Waals surface area contributed by atoms with Crippen LogP contribution in [0.15, 0.2) is 42.5 Å². The van der Waals surface area contributed by atoms with Gasteiger partial charge in [0, 0.05) is 13.0 Å². The number of carboxylic acid groups (broad SMARTS) is 1. The van der Waals surface area contributed by atoms with E-state index in [1.54, 1.807) is 0 Å². The molecule has 132 valence electrons. The maximum absolute atomic E-state index is 10.5. The third-order valence-electron chi connectivity index (χ3n) is 4.94. The minimum atomic E-state index is -0.707. The van der Waals surface area contributed by atoms with Crippen molar-refractivity contribution in [1.29, 1.82) is 0 Å². The summed E-state index contributed by atoms with van der Waals surface area (Å²) in [5.74, 6) is 0.502. The van der Waals surface area contributed by atoms with Gasteiger partial charge in [-0.25, -0.2) is 0 Å². The molecular weight excluding hydrogens is 300 g/mol. The van der Waals surface area contributed by atoms with E-state index in [-0.39, 0.29) is 6.42 Å². The molecule has 1 fully saturated rings. The molecule has 1 aromatic carbocycles. The molecule has 0 amide bonds. The molecule has 0 spiro atoms. The zero-order valence-corrected chi connectivity index (χ0v) is 14.7. The Labute approximate surface area is 145 Å². The van der Waals surface area contributed by atoms with Gasteiger partial charge in [-0.2, -0.15) is 0 Å². The van der Waals surface area contributed by atoms with Crippen molar-refractivity contribution in [2.75, 3.05) is 6.61 Å². The van der Waals surface area contributed by atoms with E-state index < -0.39 is 5.97 Å². The Hall–Kier alpha value is -1.61. The molecule has 1 N–H and O–H groups in total. The zero-order valence-electron chi connectivity index (χ0n) is 14.7. The number of carbonyl (C=O) groups is 1. The molecule has 3 atom stereocenters. The number of ether oxygens (including phenoxy) is 1. The lowest BCUT2D eigenvalue weighted by Crippen LogP contribution is -2.28. The highest BCUT2D eigenvalue weighted by Gasteiger charge is 2.31. The van der Waals surface area contributed by atoms with E-state index in [9.17, 15) is 4.79 Å². The second-order valence-corrected chi connectivity index (χ2v) is 6.66. The van der Waals surface area contributed by atoms with Gasteiger partial charge in [0.15, 0.2) is 0 Å². The Bertz CT molecular complexity index is 509. The van der Waals surface area contributed by atoms with Crippen molar-refractivity contribution >= 4 is 5.97 Å². The SMILES string of the molecule is CCOC1CCC(C/C=C\CCCC(=O)O)C(c2ccccc2)C1. The van der Waals surface area contributed by atoms with Gasteiger partial charge in [-0.05, 0) is 62.8 Å². The van der Waals surface area contributed by atoms with Gasteiger partial charge in [-0.3, -0.25) is 4.79 Å². The van der Waals surface area contributed by atoms with Gasteiger partial charge < -0.3 is 9.84 Å². The summed E-state index contributed by atoms with van der Waals surface area (Å²) in [6.45, 7) is 2.86. The third kappa shape index (κ3) is 6.12. The van der Waals surface area contributed by atoms with E-state index in [4.69, 9.17) is 9.84 Å². The van der Waals surface area contributed by atoms with E-state index in [2.05, 4.69) is 49.4 Å². The van der Waals surface area contributed by atoms with Crippen LogP contribution < -0.4 is 0 Å². The van der Waals surface area contributed by atoms with Crippen LogP contribution in [0.5, 0.6) is 0 Å². The van der Waals surface area contributed by atoms with E-state index >= 15 is 0 Å². The highest BCUT2D eigenvalue weighted by Crippen LogP contribution is 2.40. The maximum Gasteiger partial charge on any atom is 0.303 e. The highest BCUT2D eigenvalue weighted by molar-refractivity contribution is 5.66. The van der Waals surface area contributed by atoms with Gasteiger partial charge in [0.05, 0.1) is 6.10 Å². The predicted octanol–water partition coefficient (Wildman–Crippen LogP) is 5.18. The third-order valence-corrected chi connectivity index (χ3v) is 4.94. The summed E-state index contributed by atoms with van der Waals surface area (Å²) in [6, 6.07) is 10.8. The predicted molar refractivity (Wildman–Crippen MR) is 97.2 cm³/mol. The number of hydrogen-bond acceptors (Lipinski definition) is 2. The van der Waals surface area contributed by atoms with Crippen molar-refractivity contribution in [1.82, 2.24) is 0 Å². The van der Waals surface area contributed by atoms with Crippen LogP contribution in [0.25, 0.3) is 0 Å². The van der Waals surface area contributed by atoms with Crippen molar-refractivity contribution in [2.45, 2.75) is 63.9 Å². The van der Waals surface area contributed by atoms with Crippen LogP contribution in [0.4, 0.5) is 0 Å². The van der Waals surface area contributed by atoms with E-state index in [1.165, 1.54) is 12.0 Å². The summed E-state index contributed by atoms with van der Waals surface area (Å²) < 4.78 is 5.89. The van der Waals surface area contributed by atoms with Crippen LogP contribution in [-0.2, 0) is 9.53 Å². The van der Waals surface area contributed by atoms with E-state index in [1.807, 2.05) is 0 Å². The lowest BCUT2D eigenvalue weighted by molar-refractivity contribution is -0.137. The Balaban J connectivity index is 1.91. The second kappa shape index (κ2) is 10.3. The van der Waals surface area contributed by atoms with Crippen LogP contribution in [0.1, 0.15) is 63.4 Å². The summed E-state index contributed by atoms with van der Waals surface area (Å²) in [6.07, 6.45) is 11.2. The first kappa shape index (κ1) is 18.7. The molecule has 0 aromatic heterocycles. The molecule has 1 aromatic rings. The number of unbranched alkanes of at least 4 members (excludes halogenated alkanes) is 1. The van der Waals surface area contributed by atoms with Crippen LogP contribution in [0, 0.1) is 5.92 Å². The molecule has 1 aliphatic carbocycles. The van der Waals surface area contributed by atoms with Crippen molar-refractivity contribution < 1.29 is 14.6 Å². The minimum Gasteiger partial charge on any atom is -0.481 e. The molecule has 3 heteroatoms. The highest BCUT2D eigenvalue weighted by atomic mass is 16.5. The Morgan fingerprint density at radius 2 is 2.04 bits per heavy atom. The quantitative estimate of drug-likeness (QED) is 0.501. The minimum absolute atomic E-state index is 0.260. The molecule has 0 aliphatic heterocycles. The molecule has 0 bridgehead atoms. The van der Waals surface area contributed by atoms with Crippen LogP contribution >= 0.6 is 0 Å². The summed E-state index contributed by atoms with van der Waals surface area (Å²) in [5, 5.41) is 8.67. The first-order valence-corrected chi connectivity index (χ1v) is 9.24. The van der Waals surface area contributed by atoms with E-state index in [0.29, 0.717) is 17.9 Å². The molecule has 24 heavy (non-hydrogen) atoms. The lowest BCUT2D eigenvalue weighted by atomic mass is 9.73. The number of benzene rings is 1. The fourth-order valence-electron chi connectivity index (χ4n) is 3.73. The standard InChI is InChI=1S/C21H30O3/c1-2-24-19-15-14-18(12-6-3-4-9-13-21(22)23)20(16-19)17-10-7-5-8-11-17/h3,5-8,10-11,18-20H,2,4,9,12-16H2,1H3,(H,22,23)/b6-3-.